The molecule has 4 amide bonds. The van der Waals surface area contributed by atoms with Gasteiger partial charge in [0.25, 0.3) is 0 Å². The standard InChI is InChI=1S/C48H85N5O25/c1-24(56)9-5-3-7-11-49-31(58)18-53(19-32(59)50-12-8-4-6-10-30(57)51-13-15-72-46-42(69)39(66)34(61)25(2)75-46)20-33(60)52-14-16-73-47-44(71)45(78-48-43(70)41(68)37(64)28(22-55)76-48)38(65)29(77-47)23-74-27-17-26(21-54)35(62)40(67)36(27)63/h25-29,34-48,54-55,61-71H,3-23H2,1-2H3,(H,49,58)(H,50,59)(H,51,57)(H,52,60)/t25-,26+,27-,28+,29+,34+,35+,36+,37+,38+,39+,40-,41-,42-,43-,44-,45-,46+,47-,48+/m0/s1. The van der Waals surface area contributed by atoms with E-state index in [2.05, 4.69) is 21.3 Å². The molecule has 3 heterocycles. The summed E-state index contributed by atoms with van der Waals surface area (Å²) in [6, 6.07) is 0. The van der Waals surface area contributed by atoms with Gasteiger partial charge in [-0.1, -0.05) is 12.8 Å². The van der Waals surface area contributed by atoms with E-state index < -0.39 is 167 Å². The lowest BCUT2D eigenvalue weighted by molar-refractivity contribution is -0.361. The summed E-state index contributed by atoms with van der Waals surface area (Å²) in [6.07, 6.45) is -25.7. The largest absolute Gasteiger partial charge is 0.396 e. The predicted molar refractivity (Wildman–Crippen MR) is 263 cm³/mol. The Labute approximate surface area is 451 Å². The van der Waals surface area contributed by atoms with E-state index in [0.717, 1.165) is 0 Å². The smallest absolute Gasteiger partial charge is 0.234 e. The number of carbonyl (C=O) groups is 5. The van der Waals surface area contributed by atoms with E-state index in [1.54, 1.807) is 0 Å². The molecule has 0 bridgehead atoms. The fraction of sp³-hybridized carbons (Fsp3) is 0.896. The number of rotatable bonds is 33. The van der Waals surface area contributed by atoms with Crippen LogP contribution in [0.4, 0.5) is 0 Å². The maximum Gasteiger partial charge on any atom is 0.234 e. The molecule has 20 atom stereocenters. The maximum atomic E-state index is 13.3. The second-order valence-electron chi connectivity index (χ2n) is 20.1. The summed E-state index contributed by atoms with van der Waals surface area (Å²) in [5, 5.41) is 145. The van der Waals surface area contributed by atoms with Gasteiger partial charge >= 0.3 is 0 Å². The van der Waals surface area contributed by atoms with Crippen molar-refractivity contribution in [1.82, 2.24) is 26.2 Å². The molecule has 1 saturated carbocycles. The Bertz CT molecular complexity index is 1810. The highest BCUT2D eigenvalue weighted by Crippen LogP contribution is 2.32. The second-order valence-corrected chi connectivity index (χ2v) is 20.1. The van der Waals surface area contributed by atoms with Crippen molar-refractivity contribution >= 4 is 29.4 Å². The molecule has 0 radical (unpaired) electrons. The number of nitrogens with zero attached hydrogens (tertiary/aromatic N) is 1. The van der Waals surface area contributed by atoms with E-state index in [4.69, 9.17) is 33.2 Å². The van der Waals surface area contributed by atoms with Crippen molar-refractivity contribution in [2.24, 2.45) is 5.92 Å². The Hall–Kier alpha value is -3.29. The summed E-state index contributed by atoms with van der Waals surface area (Å²) in [4.78, 5) is 64.2. The summed E-state index contributed by atoms with van der Waals surface area (Å²) in [7, 11) is 0. The Kier molecular flexibility index (Phi) is 29.5. The molecular weight excluding hydrogens is 1050 g/mol. The molecule has 0 aromatic rings. The van der Waals surface area contributed by atoms with Gasteiger partial charge in [-0.2, -0.15) is 0 Å². The van der Waals surface area contributed by atoms with Crippen LogP contribution < -0.4 is 21.3 Å². The van der Waals surface area contributed by atoms with Crippen molar-refractivity contribution in [2.75, 3.05) is 78.8 Å². The van der Waals surface area contributed by atoms with Gasteiger partial charge in [-0.05, 0) is 46.0 Å². The Morgan fingerprint density at radius 2 is 0.987 bits per heavy atom. The fourth-order valence-electron chi connectivity index (χ4n) is 9.15. The molecule has 4 fully saturated rings. The molecular formula is C48H85N5O25. The van der Waals surface area contributed by atoms with Crippen molar-refractivity contribution in [3.8, 4) is 0 Å². The van der Waals surface area contributed by atoms with E-state index in [1.807, 2.05) is 0 Å². The third kappa shape index (κ3) is 20.9. The van der Waals surface area contributed by atoms with Crippen LogP contribution in [-0.2, 0) is 57.1 Å². The van der Waals surface area contributed by atoms with Gasteiger partial charge in [0.15, 0.2) is 18.9 Å². The number of ketones is 1. The second kappa shape index (κ2) is 34.2. The highest BCUT2D eigenvalue weighted by atomic mass is 16.7. The van der Waals surface area contributed by atoms with Gasteiger partial charge in [-0.3, -0.25) is 24.1 Å². The first-order valence-corrected chi connectivity index (χ1v) is 26.5. The number of Topliss-reactive ketones (excluding diaryl/α,β-unsaturated/α-hetero) is 1. The molecule has 0 unspecified atom stereocenters. The molecule has 0 spiro atoms. The molecule has 30 nitrogen and oxygen atoms in total. The average Bonchev–Trinajstić information content (AvgIpc) is 3.42. The molecule has 0 aromatic heterocycles. The van der Waals surface area contributed by atoms with E-state index >= 15 is 0 Å². The van der Waals surface area contributed by atoms with Crippen LogP contribution in [0.3, 0.4) is 0 Å². The number of ether oxygens (including phenoxy) is 7. The first-order chi connectivity index (χ1) is 37.1. The molecule has 3 aliphatic heterocycles. The van der Waals surface area contributed by atoms with E-state index in [-0.39, 0.29) is 77.0 Å². The third-order valence-electron chi connectivity index (χ3n) is 13.8. The van der Waals surface area contributed by atoms with Gasteiger partial charge in [-0.25, -0.2) is 0 Å². The molecule has 3 saturated heterocycles. The van der Waals surface area contributed by atoms with Crippen LogP contribution >= 0.6 is 0 Å². The van der Waals surface area contributed by atoms with Gasteiger partial charge in [0, 0.05) is 51.5 Å². The molecule has 0 aromatic carbocycles. The van der Waals surface area contributed by atoms with Crippen molar-refractivity contribution in [3.63, 3.8) is 0 Å². The minimum atomic E-state index is -1.95. The zero-order chi connectivity index (χ0) is 57.6. The Morgan fingerprint density at radius 3 is 1.55 bits per heavy atom. The van der Waals surface area contributed by atoms with Gasteiger partial charge in [0.2, 0.25) is 23.6 Å². The van der Waals surface area contributed by atoms with Crippen molar-refractivity contribution < 1.29 is 124 Å². The van der Waals surface area contributed by atoms with Gasteiger partial charge in [-0.15, -0.1) is 0 Å². The molecule has 78 heavy (non-hydrogen) atoms. The minimum Gasteiger partial charge on any atom is -0.396 e. The lowest BCUT2D eigenvalue weighted by Crippen LogP contribution is -2.65. The first kappa shape index (κ1) is 67.2. The zero-order valence-electron chi connectivity index (χ0n) is 44.1. The highest BCUT2D eigenvalue weighted by molar-refractivity contribution is 5.84. The zero-order valence-corrected chi connectivity index (χ0v) is 44.1. The van der Waals surface area contributed by atoms with Crippen molar-refractivity contribution in [2.45, 2.75) is 188 Å². The maximum absolute atomic E-state index is 13.3. The third-order valence-corrected chi connectivity index (χ3v) is 13.8. The molecule has 30 heteroatoms. The van der Waals surface area contributed by atoms with Crippen LogP contribution in [0.1, 0.15) is 71.6 Å². The van der Waals surface area contributed by atoms with Crippen molar-refractivity contribution in [1.29, 1.82) is 0 Å². The fourth-order valence-corrected chi connectivity index (χ4v) is 9.15. The number of aliphatic hydroxyl groups is 13. The lowest BCUT2D eigenvalue weighted by atomic mass is 9.81. The summed E-state index contributed by atoms with van der Waals surface area (Å²) >= 11 is 0. The first-order valence-electron chi connectivity index (χ1n) is 26.5. The summed E-state index contributed by atoms with van der Waals surface area (Å²) in [5.41, 5.74) is 0. The van der Waals surface area contributed by atoms with Gasteiger partial charge in [0.1, 0.15) is 85.1 Å². The lowest BCUT2D eigenvalue weighted by Gasteiger charge is -2.46. The number of unbranched alkanes of at least 4 members (excludes halogenated alkanes) is 4. The average molecular weight is 1130 g/mol. The number of amides is 4. The monoisotopic (exact) mass is 1130 g/mol. The Balaban J connectivity index is 1.28. The van der Waals surface area contributed by atoms with E-state index in [9.17, 15) is 90.4 Å². The highest BCUT2D eigenvalue weighted by Gasteiger charge is 2.52. The van der Waals surface area contributed by atoms with Crippen LogP contribution in [0.15, 0.2) is 0 Å². The van der Waals surface area contributed by atoms with Crippen LogP contribution in [0.2, 0.25) is 0 Å². The molecule has 4 aliphatic rings. The number of aliphatic hydroxyl groups excluding tert-OH is 13. The van der Waals surface area contributed by atoms with E-state index in [0.29, 0.717) is 44.9 Å². The van der Waals surface area contributed by atoms with E-state index in [1.165, 1.54) is 18.7 Å². The minimum absolute atomic E-state index is 0.0271. The molecule has 452 valence electrons. The predicted octanol–water partition coefficient (Wildman–Crippen LogP) is -8.56. The van der Waals surface area contributed by atoms with Gasteiger partial charge < -0.3 is 126 Å². The SMILES string of the molecule is CC(=O)CCCCCNC(=O)CN(CC(=O)NCCCCCC(=O)NCCO[C@@H]1O[C@@H](C)[C@@H](O)[C@@H](O)[C@@H]1O)CC(=O)NCCO[C@H]1O[C@H](CO[C@H]2C[C@H](CO)[C@@H](O)[C@H](O)[C@@H]2O)[C@@H](O)[C@H](O[C@H]2O[C@H](CO)[C@@H](O)[C@H](O)[C@@H]2O)[C@@H]1O. The van der Waals surface area contributed by atoms with Crippen LogP contribution in [0.5, 0.6) is 0 Å². The molecule has 1 aliphatic carbocycles. The number of hydrogen-bond donors (Lipinski definition) is 17. The summed E-state index contributed by atoms with van der Waals surface area (Å²) < 4.78 is 39.3. The summed E-state index contributed by atoms with van der Waals surface area (Å²) in [5.74, 6) is -2.74. The quantitative estimate of drug-likeness (QED) is 0.0271. The number of hydrogen-bond acceptors (Lipinski definition) is 26. The normalized spacial score (nSPS) is 35.2. The van der Waals surface area contributed by atoms with Gasteiger partial charge in [0.05, 0.1) is 64.4 Å². The van der Waals surface area contributed by atoms with Crippen LogP contribution in [0, 0.1) is 5.92 Å². The number of nitrogens with one attached hydrogen (secondary N) is 4. The van der Waals surface area contributed by atoms with Crippen molar-refractivity contribution in [3.05, 3.63) is 0 Å². The summed E-state index contributed by atoms with van der Waals surface area (Å²) in [6.45, 7) is -0.189. The topological polar surface area (TPSA) is 464 Å². The van der Waals surface area contributed by atoms with Crippen LogP contribution in [-0.4, -0.2) is 296 Å². The number of carbonyl (C=O) groups excluding carboxylic acids is 5. The Morgan fingerprint density at radius 1 is 0.487 bits per heavy atom. The van der Waals surface area contributed by atoms with Crippen LogP contribution in [0.25, 0.3) is 0 Å². The molecule has 17 N–H and O–H groups in total. The molecule has 4 rings (SSSR count).